The molecule has 4 aromatic rings. The van der Waals surface area contributed by atoms with Gasteiger partial charge >= 0.3 is 0 Å². The molecule has 40 heavy (non-hydrogen) atoms. The molecule has 10 heteroatoms. The summed E-state index contributed by atoms with van der Waals surface area (Å²) in [5.41, 5.74) is 9.94. The Morgan fingerprint density at radius 1 is 1.12 bits per heavy atom. The smallest absolute Gasteiger partial charge is 0.167 e. The Bertz CT molecular complexity index is 1490. The molecule has 214 valence electrons. The summed E-state index contributed by atoms with van der Waals surface area (Å²) >= 11 is 0. The van der Waals surface area contributed by atoms with Gasteiger partial charge in [0.1, 0.15) is 29.6 Å². The van der Waals surface area contributed by atoms with Gasteiger partial charge in [0, 0.05) is 19.0 Å². The Morgan fingerprint density at radius 3 is 2.67 bits per heavy atom. The van der Waals surface area contributed by atoms with E-state index in [2.05, 4.69) is 63.8 Å². The Hall–Kier alpha value is -3.08. The van der Waals surface area contributed by atoms with Crippen LogP contribution in [0.15, 0.2) is 30.9 Å². The summed E-state index contributed by atoms with van der Waals surface area (Å²) in [5, 5.41) is 11.1. The van der Waals surface area contributed by atoms with Crippen LogP contribution in [0, 0.1) is 5.92 Å². The van der Waals surface area contributed by atoms with Crippen LogP contribution in [-0.4, -0.2) is 63.9 Å². The van der Waals surface area contributed by atoms with Crippen molar-refractivity contribution in [2.75, 3.05) is 12.3 Å². The summed E-state index contributed by atoms with van der Waals surface area (Å²) in [5.74, 6) is 2.07. The predicted molar refractivity (Wildman–Crippen MR) is 156 cm³/mol. The van der Waals surface area contributed by atoms with E-state index in [1.165, 1.54) is 11.9 Å². The molecule has 1 aliphatic carbocycles. The fraction of sp³-hybridized carbons (Fsp3) is 0.600. The van der Waals surface area contributed by atoms with E-state index in [9.17, 15) is 5.11 Å². The van der Waals surface area contributed by atoms with E-state index in [0.717, 1.165) is 55.4 Å². The van der Waals surface area contributed by atoms with E-state index in [1.54, 1.807) is 6.33 Å². The van der Waals surface area contributed by atoms with Crippen LogP contribution in [0.5, 0.6) is 0 Å². The largest absolute Gasteiger partial charge is 0.382 e. The number of rotatable bonds is 8. The third-order valence-corrected chi connectivity index (χ3v) is 8.72. The Morgan fingerprint density at radius 2 is 1.93 bits per heavy atom. The summed E-state index contributed by atoms with van der Waals surface area (Å²) in [6.45, 7) is 11.2. The molecule has 1 saturated heterocycles. The van der Waals surface area contributed by atoms with Gasteiger partial charge in [0.15, 0.2) is 11.5 Å². The average molecular weight is 547 g/mol. The van der Waals surface area contributed by atoms with Crippen molar-refractivity contribution in [2.24, 2.45) is 5.92 Å². The third kappa shape index (κ3) is 5.32. The molecule has 1 aromatic carbocycles. The lowest BCUT2D eigenvalue weighted by atomic mass is 9.76. The number of H-pyrrole nitrogens is 1. The molecular weight excluding hydrogens is 504 g/mol. The average Bonchev–Trinajstić information content (AvgIpc) is 3.58. The number of nitrogens with zero attached hydrogens (tertiary/aromatic N) is 6. The quantitative estimate of drug-likeness (QED) is 0.271. The van der Waals surface area contributed by atoms with Gasteiger partial charge in [0.05, 0.1) is 23.5 Å². The number of anilines is 1. The number of nitrogens with one attached hydrogen (secondary N) is 1. The molecule has 6 rings (SSSR count). The van der Waals surface area contributed by atoms with E-state index in [0.29, 0.717) is 35.5 Å². The summed E-state index contributed by atoms with van der Waals surface area (Å²) < 4.78 is 8.39. The van der Waals surface area contributed by atoms with Crippen molar-refractivity contribution in [3.8, 4) is 0 Å². The number of aryl methyl sites for hydroxylation is 1. The van der Waals surface area contributed by atoms with Gasteiger partial charge in [-0.3, -0.25) is 9.47 Å². The van der Waals surface area contributed by atoms with Crippen LogP contribution in [0.2, 0.25) is 0 Å². The molecular formula is C30H42N8O2. The highest BCUT2D eigenvalue weighted by atomic mass is 16.5. The molecule has 2 fully saturated rings. The van der Waals surface area contributed by atoms with Gasteiger partial charge in [-0.15, -0.1) is 0 Å². The van der Waals surface area contributed by atoms with Crippen molar-refractivity contribution in [1.29, 1.82) is 0 Å². The number of benzene rings is 1. The van der Waals surface area contributed by atoms with Crippen molar-refractivity contribution in [2.45, 2.75) is 103 Å². The Labute approximate surface area is 235 Å². The van der Waals surface area contributed by atoms with Crippen molar-refractivity contribution in [1.82, 2.24) is 34.4 Å². The molecule has 3 aromatic heterocycles. The SMILES string of the molecule is CC(C)(C)c1ccc2nc(CCC3CC(N(CC4CC[C@H](n5cnc6c(N)ncnc65)O4)C(C)(C)O)C3)[nH]c2c1. The maximum absolute atomic E-state index is 11.1. The van der Waals surface area contributed by atoms with Gasteiger partial charge in [-0.05, 0) is 75.0 Å². The second-order valence-corrected chi connectivity index (χ2v) is 13.2. The third-order valence-electron chi connectivity index (χ3n) is 8.72. The number of fused-ring (bicyclic) bond motifs is 2. The number of aromatic nitrogens is 6. The monoisotopic (exact) mass is 546 g/mol. The van der Waals surface area contributed by atoms with E-state index in [-0.39, 0.29) is 17.7 Å². The van der Waals surface area contributed by atoms with Gasteiger partial charge in [-0.1, -0.05) is 26.8 Å². The first-order valence-corrected chi connectivity index (χ1v) is 14.5. The summed E-state index contributed by atoms with van der Waals surface area (Å²) in [6.07, 6.45) is 9.06. The second kappa shape index (κ2) is 10.1. The van der Waals surface area contributed by atoms with Gasteiger partial charge < -0.3 is 20.6 Å². The molecule has 1 aliphatic heterocycles. The molecule has 0 radical (unpaired) electrons. The highest BCUT2D eigenvalue weighted by Crippen LogP contribution is 2.39. The second-order valence-electron chi connectivity index (χ2n) is 13.2. The standard InChI is InChI=1S/C30H42N8O2/c1-29(2,3)19-7-9-22-23(14-19)36-24(35-22)10-6-18-12-20(13-18)38(30(4,5)39)15-21-8-11-25(40-21)37-17-34-26-27(31)32-16-33-28(26)37/h7,9,14,16-18,20-21,25,39H,6,8,10-13,15H2,1-5H3,(H,35,36)(H2,31,32,33)/t18?,20?,21?,25-/m1/s1. The van der Waals surface area contributed by atoms with Gasteiger partial charge in [0.2, 0.25) is 0 Å². The molecule has 10 nitrogen and oxygen atoms in total. The lowest BCUT2D eigenvalue weighted by Crippen LogP contribution is -2.57. The minimum Gasteiger partial charge on any atom is -0.382 e. The van der Waals surface area contributed by atoms with Crippen LogP contribution in [0.4, 0.5) is 5.82 Å². The Kier molecular flexibility index (Phi) is 6.83. The molecule has 2 atom stereocenters. The van der Waals surface area contributed by atoms with Crippen LogP contribution in [0.3, 0.4) is 0 Å². The van der Waals surface area contributed by atoms with Gasteiger partial charge in [0.25, 0.3) is 0 Å². The van der Waals surface area contributed by atoms with Crippen LogP contribution < -0.4 is 5.73 Å². The van der Waals surface area contributed by atoms with Crippen LogP contribution in [0.1, 0.15) is 84.3 Å². The van der Waals surface area contributed by atoms with Crippen molar-refractivity contribution in [3.05, 3.63) is 42.2 Å². The number of hydrogen-bond donors (Lipinski definition) is 3. The highest BCUT2D eigenvalue weighted by molar-refractivity contribution is 5.81. The van der Waals surface area contributed by atoms with Crippen LogP contribution >= 0.6 is 0 Å². The lowest BCUT2D eigenvalue weighted by molar-refractivity contribution is -0.145. The highest BCUT2D eigenvalue weighted by Gasteiger charge is 2.41. The molecule has 4 heterocycles. The van der Waals surface area contributed by atoms with Crippen LogP contribution in [-0.2, 0) is 16.6 Å². The fourth-order valence-electron chi connectivity index (χ4n) is 6.32. The number of nitrogens with two attached hydrogens (primary N) is 1. The topological polar surface area (TPSA) is 131 Å². The van der Waals surface area contributed by atoms with Crippen molar-refractivity contribution in [3.63, 3.8) is 0 Å². The number of aromatic amines is 1. The molecule has 0 spiro atoms. The predicted octanol–water partition coefficient (Wildman–Crippen LogP) is 4.70. The first-order valence-electron chi connectivity index (χ1n) is 14.5. The summed E-state index contributed by atoms with van der Waals surface area (Å²) in [4.78, 5) is 23.4. The minimum absolute atomic E-state index is 0.0284. The van der Waals surface area contributed by atoms with E-state index in [4.69, 9.17) is 15.5 Å². The zero-order valence-corrected chi connectivity index (χ0v) is 24.3. The first kappa shape index (κ1) is 27.1. The fourth-order valence-corrected chi connectivity index (χ4v) is 6.32. The van der Waals surface area contributed by atoms with Crippen molar-refractivity contribution < 1.29 is 9.84 Å². The number of hydrogen-bond acceptors (Lipinski definition) is 8. The van der Waals surface area contributed by atoms with Crippen molar-refractivity contribution >= 4 is 28.0 Å². The van der Waals surface area contributed by atoms with Crippen LogP contribution in [0.25, 0.3) is 22.2 Å². The molecule has 2 aliphatic rings. The molecule has 0 amide bonds. The molecule has 0 bridgehead atoms. The number of aliphatic hydroxyl groups is 1. The number of ether oxygens (including phenoxy) is 1. The number of imidazole rings is 2. The maximum atomic E-state index is 11.1. The van der Waals surface area contributed by atoms with Gasteiger partial charge in [-0.2, -0.15) is 0 Å². The maximum Gasteiger partial charge on any atom is 0.167 e. The minimum atomic E-state index is -0.913. The Balaban J connectivity index is 1.04. The summed E-state index contributed by atoms with van der Waals surface area (Å²) in [7, 11) is 0. The van der Waals surface area contributed by atoms with E-state index in [1.807, 2.05) is 18.4 Å². The lowest BCUT2D eigenvalue weighted by Gasteiger charge is -2.49. The first-order chi connectivity index (χ1) is 19.0. The summed E-state index contributed by atoms with van der Waals surface area (Å²) in [6, 6.07) is 6.90. The molecule has 1 saturated carbocycles. The number of nitrogen functional groups attached to an aromatic ring is 1. The molecule has 4 N–H and O–H groups in total. The zero-order valence-electron chi connectivity index (χ0n) is 24.3. The van der Waals surface area contributed by atoms with E-state index >= 15 is 0 Å². The normalized spacial score (nSPS) is 23.9. The van der Waals surface area contributed by atoms with Gasteiger partial charge in [-0.25, -0.2) is 19.9 Å². The van der Waals surface area contributed by atoms with E-state index < -0.39 is 5.72 Å². The molecule has 1 unspecified atom stereocenters. The zero-order chi connectivity index (χ0) is 28.2.